The number of aryl methyl sites for hydroxylation is 2. The summed E-state index contributed by atoms with van der Waals surface area (Å²) in [6, 6.07) is 8.09. The summed E-state index contributed by atoms with van der Waals surface area (Å²) < 4.78 is 12.1. The number of aliphatic carboxylic acids is 1. The van der Waals surface area contributed by atoms with Gasteiger partial charge in [-0.15, -0.1) is 0 Å². The molecule has 5 heteroatoms. The molecule has 0 bridgehead atoms. The summed E-state index contributed by atoms with van der Waals surface area (Å²) in [4.78, 5) is 15.2. The van der Waals surface area contributed by atoms with Gasteiger partial charge < -0.3 is 9.94 Å². The van der Waals surface area contributed by atoms with E-state index in [4.69, 9.17) is 9.94 Å². The maximum absolute atomic E-state index is 12.1. The zero-order chi connectivity index (χ0) is 13.4. The van der Waals surface area contributed by atoms with Crippen LogP contribution in [0.15, 0.2) is 29.4 Å². The molecular weight excluding hydrogens is 237 g/mol. The largest absolute Gasteiger partial charge is 0.477 e. The molecule has 0 amide bonds. The Morgan fingerprint density at radius 1 is 1.50 bits per heavy atom. The molecule has 4 nitrogen and oxygen atoms in total. The third-order valence-corrected chi connectivity index (χ3v) is 2.33. The average molecular weight is 253 g/mol. The molecular formula is C13H16FNO3. The number of hydrogen-bond acceptors (Lipinski definition) is 3. The molecule has 0 aromatic heterocycles. The van der Waals surface area contributed by atoms with Crippen LogP contribution in [0.3, 0.4) is 0 Å². The predicted molar refractivity (Wildman–Crippen MR) is 66.5 cm³/mol. The molecule has 18 heavy (non-hydrogen) atoms. The van der Waals surface area contributed by atoms with Crippen LogP contribution >= 0.6 is 0 Å². The van der Waals surface area contributed by atoms with Gasteiger partial charge in [-0.1, -0.05) is 35.0 Å². The Morgan fingerprint density at radius 2 is 2.28 bits per heavy atom. The van der Waals surface area contributed by atoms with Crippen molar-refractivity contribution in [3.63, 3.8) is 0 Å². The minimum absolute atomic E-state index is 0.269. The summed E-state index contributed by atoms with van der Waals surface area (Å²) in [5.41, 5.74) is 1.77. The van der Waals surface area contributed by atoms with Gasteiger partial charge in [0.05, 0.1) is 0 Å². The van der Waals surface area contributed by atoms with Crippen molar-refractivity contribution in [1.82, 2.24) is 0 Å². The zero-order valence-electron chi connectivity index (χ0n) is 10.2. The fraction of sp³-hybridized carbons (Fsp3) is 0.385. The van der Waals surface area contributed by atoms with Gasteiger partial charge in [0.1, 0.15) is 13.3 Å². The summed E-state index contributed by atoms with van der Waals surface area (Å²) >= 11 is 0. The Bertz CT molecular complexity index is 432. The number of benzene rings is 1. The van der Waals surface area contributed by atoms with Crippen LogP contribution in [-0.4, -0.2) is 30.1 Å². The van der Waals surface area contributed by atoms with Crippen molar-refractivity contribution in [3.05, 3.63) is 35.4 Å². The second-order valence-electron chi connectivity index (χ2n) is 3.90. The van der Waals surface area contributed by atoms with Crippen molar-refractivity contribution >= 4 is 11.7 Å². The highest BCUT2D eigenvalue weighted by molar-refractivity contribution is 6.36. The molecule has 98 valence electrons. The SMILES string of the molecule is Cc1cccc(CCCO/N=C(/CF)C(=O)O)c1. The molecule has 1 aromatic carbocycles. The van der Waals surface area contributed by atoms with Gasteiger partial charge in [-0.3, -0.25) is 0 Å². The number of carboxylic acid groups (broad SMARTS) is 1. The highest BCUT2D eigenvalue weighted by Gasteiger charge is 2.08. The highest BCUT2D eigenvalue weighted by atomic mass is 19.1. The summed E-state index contributed by atoms with van der Waals surface area (Å²) in [5, 5.41) is 11.7. The lowest BCUT2D eigenvalue weighted by Crippen LogP contribution is -2.15. The molecule has 0 aliphatic rings. The molecule has 0 heterocycles. The van der Waals surface area contributed by atoms with Gasteiger partial charge in [-0.05, 0) is 25.3 Å². The average Bonchev–Trinajstić information content (AvgIpc) is 2.33. The number of carboxylic acids is 1. The first kappa shape index (κ1) is 14.2. The third kappa shape index (κ3) is 4.95. The van der Waals surface area contributed by atoms with E-state index in [9.17, 15) is 9.18 Å². The first-order chi connectivity index (χ1) is 8.63. The number of nitrogens with zero attached hydrogens (tertiary/aromatic N) is 1. The van der Waals surface area contributed by atoms with Crippen molar-refractivity contribution in [1.29, 1.82) is 0 Å². The Labute approximate surface area is 105 Å². The van der Waals surface area contributed by atoms with E-state index in [1.165, 1.54) is 11.1 Å². The highest BCUT2D eigenvalue weighted by Crippen LogP contribution is 2.06. The van der Waals surface area contributed by atoms with Crippen LogP contribution in [0.2, 0.25) is 0 Å². The first-order valence-electron chi connectivity index (χ1n) is 5.67. The van der Waals surface area contributed by atoms with E-state index in [2.05, 4.69) is 11.2 Å². The summed E-state index contributed by atoms with van der Waals surface area (Å²) in [5.74, 6) is -1.39. The smallest absolute Gasteiger partial charge is 0.356 e. The molecule has 0 saturated heterocycles. The second-order valence-corrected chi connectivity index (χ2v) is 3.90. The molecule has 0 aliphatic heterocycles. The normalized spacial score (nSPS) is 11.3. The molecule has 0 atom stereocenters. The quantitative estimate of drug-likeness (QED) is 0.461. The first-order valence-corrected chi connectivity index (χ1v) is 5.67. The maximum Gasteiger partial charge on any atom is 0.356 e. The van der Waals surface area contributed by atoms with Crippen LogP contribution in [-0.2, 0) is 16.1 Å². The summed E-state index contributed by atoms with van der Waals surface area (Å²) in [7, 11) is 0. The Hall–Kier alpha value is -1.91. The van der Waals surface area contributed by atoms with Gasteiger partial charge in [0.2, 0.25) is 0 Å². The number of hydrogen-bond donors (Lipinski definition) is 1. The van der Waals surface area contributed by atoms with Gasteiger partial charge in [-0.2, -0.15) is 0 Å². The van der Waals surface area contributed by atoms with Crippen LogP contribution in [0.4, 0.5) is 4.39 Å². The molecule has 0 saturated carbocycles. The van der Waals surface area contributed by atoms with Gasteiger partial charge >= 0.3 is 5.97 Å². The lowest BCUT2D eigenvalue weighted by Gasteiger charge is -2.02. The second kappa shape index (κ2) is 7.42. The minimum Gasteiger partial charge on any atom is -0.477 e. The number of oxime groups is 1. The predicted octanol–water partition coefficient (Wildman–Crippen LogP) is 2.35. The molecule has 0 fully saturated rings. The molecule has 1 aromatic rings. The van der Waals surface area contributed by atoms with Gasteiger partial charge in [0.25, 0.3) is 0 Å². The Balaban J connectivity index is 2.29. The molecule has 0 spiro atoms. The monoisotopic (exact) mass is 253 g/mol. The van der Waals surface area contributed by atoms with Crippen LogP contribution in [0.25, 0.3) is 0 Å². The summed E-state index contributed by atoms with van der Waals surface area (Å²) in [6.07, 6.45) is 1.52. The lowest BCUT2D eigenvalue weighted by atomic mass is 10.1. The van der Waals surface area contributed by atoms with Crippen molar-refractivity contribution in [3.8, 4) is 0 Å². The number of halogens is 1. The fourth-order valence-corrected chi connectivity index (χ4v) is 1.45. The number of alkyl halides is 1. The van der Waals surface area contributed by atoms with Crippen molar-refractivity contribution in [2.75, 3.05) is 13.3 Å². The minimum atomic E-state index is -1.39. The van der Waals surface area contributed by atoms with Gasteiger partial charge in [0.15, 0.2) is 5.71 Å². The van der Waals surface area contributed by atoms with E-state index >= 15 is 0 Å². The number of rotatable bonds is 7. The van der Waals surface area contributed by atoms with Crippen LogP contribution in [0.5, 0.6) is 0 Å². The van der Waals surface area contributed by atoms with Gasteiger partial charge in [-0.25, -0.2) is 9.18 Å². The Kier molecular flexibility index (Phi) is 5.84. The summed E-state index contributed by atoms with van der Waals surface area (Å²) in [6.45, 7) is 1.16. The molecule has 0 aliphatic carbocycles. The molecule has 0 unspecified atom stereocenters. The molecule has 1 rings (SSSR count). The van der Waals surface area contributed by atoms with E-state index in [-0.39, 0.29) is 6.61 Å². The standard InChI is InChI=1S/C13H16FNO3/c1-10-4-2-5-11(8-10)6-3-7-18-15-12(9-14)13(16)17/h2,4-5,8H,3,6-7,9H2,1H3,(H,16,17)/b15-12-. The van der Waals surface area contributed by atoms with Crippen LogP contribution in [0, 0.1) is 6.92 Å². The Morgan fingerprint density at radius 3 is 2.89 bits per heavy atom. The van der Waals surface area contributed by atoms with Crippen LogP contribution < -0.4 is 0 Å². The van der Waals surface area contributed by atoms with E-state index in [0.717, 1.165) is 6.42 Å². The van der Waals surface area contributed by atoms with Gasteiger partial charge in [0, 0.05) is 0 Å². The lowest BCUT2D eigenvalue weighted by molar-refractivity contribution is -0.129. The van der Waals surface area contributed by atoms with E-state index in [1.807, 2.05) is 25.1 Å². The topological polar surface area (TPSA) is 58.9 Å². The van der Waals surface area contributed by atoms with Crippen LogP contribution in [0.1, 0.15) is 17.5 Å². The maximum atomic E-state index is 12.1. The van der Waals surface area contributed by atoms with E-state index in [1.54, 1.807) is 0 Å². The van der Waals surface area contributed by atoms with Crippen molar-refractivity contribution in [2.45, 2.75) is 19.8 Å². The third-order valence-electron chi connectivity index (χ3n) is 2.33. The van der Waals surface area contributed by atoms with Crippen molar-refractivity contribution < 1.29 is 19.1 Å². The fourth-order valence-electron chi connectivity index (χ4n) is 1.45. The van der Waals surface area contributed by atoms with Crippen molar-refractivity contribution in [2.24, 2.45) is 5.16 Å². The zero-order valence-corrected chi connectivity index (χ0v) is 10.2. The molecule has 0 radical (unpaired) electrons. The molecule has 1 N–H and O–H groups in total. The van der Waals surface area contributed by atoms with E-state index < -0.39 is 18.4 Å². The van der Waals surface area contributed by atoms with E-state index in [0.29, 0.717) is 6.42 Å². The number of carbonyl (C=O) groups is 1.